The van der Waals surface area contributed by atoms with Gasteiger partial charge in [0.1, 0.15) is 18.1 Å². The molecule has 1 heterocycles. The summed E-state index contributed by atoms with van der Waals surface area (Å²) in [5.74, 6) is 0.146. The van der Waals surface area contributed by atoms with Crippen LogP contribution < -0.4 is 4.74 Å². The SMILES string of the molecule is COc1cccc(C2=NN(C(=O)CN(C)C(=O)C3CC3)[C@H](c3ccc(F)cc3)C2)c1. The highest BCUT2D eigenvalue weighted by atomic mass is 19.1. The zero-order valence-corrected chi connectivity index (χ0v) is 17.0. The Morgan fingerprint density at radius 3 is 2.60 bits per heavy atom. The molecule has 0 spiro atoms. The summed E-state index contributed by atoms with van der Waals surface area (Å²) in [6.45, 7) is -0.0398. The van der Waals surface area contributed by atoms with Gasteiger partial charge in [0.15, 0.2) is 0 Å². The van der Waals surface area contributed by atoms with E-state index in [1.165, 1.54) is 22.0 Å². The number of likely N-dealkylation sites (N-methyl/N-ethyl adjacent to an activating group) is 1. The van der Waals surface area contributed by atoms with Crippen molar-refractivity contribution in [3.8, 4) is 5.75 Å². The van der Waals surface area contributed by atoms with Gasteiger partial charge in [0.2, 0.25) is 5.91 Å². The van der Waals surface area contributed by atoms with Crippen LogP contribution in [0.5, 0.6) is 5.75 Å². The third-order valence-electron chi connectivity index (χ3n) is 5.50. The molecule has 156 valence electrons. The fraction of sp³-hybridized carbons (Fsp3) is 0.348. The lowest BCUT2D eigenvalue weighted by atomic mass is 9.98. The number of rotatable bonds is 6. The van der Waals surface area contributed by atoms with Gasteiger partial charge in [-0.15, -0.1) is 0 Å². The predicted octanol–water partition coefficient (Wildman–Crippen LogP) is 3.38. The second-order valence-electron chi connectivity index (χ2n) is 7.76. The van der Waals surface area contributed by atoms with Crippen molar-refractivity contribution in [1.82, 2.24) is 9.91 Å². The van der Waals surface area contributed by atoms with E-state index in [1.807, 2.05) is 24.3 Å². The molecule has 2 aromatic rings. The number of hydrogen-bond donors (Lipinski definition) is 0. The number of carbonyl (C=O) groups is 2. The zero-order chi connectivity index (χ0) is 21.3. The van der Waals surface area contributed by atoms with Crippen LogP contribution in [0.1, 0.15) is 36.4 Å². The minimum atomic E-state index is -0.358. The molecule has 6 nitrogen and oxygen atoms in total. The molecule has 0 saturated heterocycles. The quantitative estimate of drug-likeness (QED) is 0.735. The number of nitrogens with zero attached hydrogens (tertiary/aromatic N) is 3. The van der Waals surface area contributed by atoms with Gasteiger partial charge in [0.05, 0.1) is 18.9 Å². The number of ether oxygens (including phenoxy) is 1. The summed E-state index contributed by atoms with van der Waals surface area (Å²) in [5.41, 5.74) is 2.40. The maximum absolute atomic E-state index is 13.4. The van der Waals surface area contributed by atoms with Crippen LogP contribution in [-0.2, 0) is 9.59 Å². The lowest BCUT2D eigenvalue weighted by Gasteiger charge is -2.25. The van der Waals surface area contributed by atoms with Crippen molar-refractivity contribution in [2.45, 2.75) is 25.3 Å². The molecular weight excluding hydrogens is 385 g/mol. The fourth-order valence-electron chi connectivity index (χ4n) is 3.66. The van der Waals surface area contributed by atoms with Crippen LogP contribution in [0.3, 0.4) is 0 Å². The first-order chi connectivity index (χ1) is 14.5. The summed E-state index contributed by atoms with van der Waals surface area (Å²) >= 11 is 0. The Balaban J connectivity index is 1.60. The second kappa shape index (κ2) is 8.26. The van der Waals surface area contributed by atoms with Crippen LogP contribution in [0.2, 0.25) is 0 Å². The van der Waals surface area contributed by atoms with Gasteiger partial charge in [-0.25, -0.2) is 9.40 Å². The summed E-state index contributed by atoms with van der Waals surface area (Å²) in [6.07, 6.45) is 2.26. The first kappa shape index (κ1) is 20.1. The van der Waals surface area contributed by atoms with Crippen molar-refractivity contribution in [2.24, 2.45) is 11.0 Å². The van der Waals surface area contributed by atoms with Crippen LogP contribution in [0.4, 0.5) is 4.39 Å². The largest absolute Gasteiger partial charge is 0.497 e. The molecule has 0 aromatic heterocycles. The third-order valence-corrected chi connectivity index (χ3v) is 5.50. The number of methoxy groups -OCH3 is 1. The molecule has 0 unspecified atom stereocenters. The number of hydrazone groups is 1. The van der Waals surface area contributed by atoms with Gasteiger partial charge in [-0.3, -0.25) is 9.59 Å². The second-order valence-corrected chi connectivity index (χ2v) is 7.76. The van der Waals surface area contributed by atoms with Gasteiger partial charge in [-0.1, -0.05) is 24.3 Å². The van der Waals surface area contributed by atoms with E-state index in [2.05, 4.69) is 5.10 Å². The summed E-state index contributed by atoms with van der Waals surface area (Å²) in [6, 6.07) is 13.2. The Bertz CT molecular complexity index is 985. The van der Waals surface area contributed by atoms with Crippen molar-refractivity contribution in [3.63, 3.8) is 0 Å². The minimum Gasteiger partial charge on any atom is -0.497 e. The predicted molar refractivity (Wildman–Crippen MR) is 110 cm³/mol. The van der Waals surface area contributed by atoms with Crippen LogP contribution in [0.15, 0.2) is 53.6 Å². The molecule has 1 saturated carbocycles. The van der Waals surface area contributed by atoms with E-state index in [0.29, 0.717) is 12.2 Å². The monoisotopic (exact) mass is 409 g/mol. The molecule has 2 aromatic carbocycles. The molecule has 1 aliphatic carbocycles. The molecule has 0 N–H and O–H groups in total. The highest BCUT2D eigenvalue weighted by molar-refractivity contribution is 6.03. The topological polar surface area (TPSA) is 62.2 Å². The van der Waals surface area contributed by atoms with Crippen molar-refractivity contribution in [1.29, 1.82) is 0 Å². The standard InChI is InChI=1S/C23H24FN3O3/c1-26(23(29)16-6-7-16)14-22(28)27-21(15-8-10-18(24)11-9-15)13-20(25-27)17-4-3-5-19(12-17)30-2/h3-5,8-12,16,21H,6-7,13-14H2,1-2H3/t21-/m0/s1. The maximum Gasteiger partial charge on any atom is 0.262 e. The molecule has 0 bridgehead atoms. The number of carbonyl (C=O) groups excluding carboxylic acids is 2. The van der Waals surface area contributed by atoms with Crippen molar-refractivity contribution < 1.29 is 18.7 Å². The number of amides is 2. The normalized spacial score (nSPS) is 18.2. The van der Waals surface area contributed by atoms with Gasteiger partial charge in [0.25, 0.3) is 5.91 Å². The van der Waals surface area contributed by atoms with Gasteiger partial charge in [-0.05, 0) is 42.7 Å². The molecule has 4 rings (SSSR count). The Labute approximate surface area is 174 Å². The average molecular weight is 409 g/mol. The molecule has 7 heteroatoms. The molecule has 0 radical (unpaired) electrons. The molecule has 2 amide bonds. The highest BCUT2D eigenvalue weighted by Gasteiger charge is 2.36. The summed E-state index contributed by atoms with van der Waals surface area (Å²) < 4.78 is 18.7. The van der Waals surface area contributed by atoms with Gasteiger partial charge >= 0.3 is 0 Å². The van der Waals surface area contributed by atoms with Crippen LogP contribution in [0, 0.1) is 11.7 Å². The van der Waals surface area contributed by atoms with Crippen molar-refractivity contribution in [3.05, 3.63) is 65.5 Å². The van der Waals surface area contributed by atoms with Crippen LogP contribution in [-0.4, -0.2) is 48.1 Å². The molecular formula is C23H24FN3O3. The number of halogens is 1. The zero-order valence-electron chi connectivity index (χ0n) is 17.0. The molecule has 1 fully saturated rings. The number of hydrogen-bond acceptors (Lipinski definition) is 4. The van der Waals surface area contributed by atoms with E-state index in [4.69, 9.17) is 4.74 Å². The van der Waals surface area contributed by atoms with E-state index in [9.17, 15) is 14.0 Å². The van der Waals surface area contributed by atoms with Crippen molar-refractivity contribution >= 4 is 17.5 Å². The summed E-state index contributed by atoms with van der Waals surface area (Å²) in [4.78, 5) is 26.8. The molecule has 2 aliphatic rings. The Morgan fingerprint density at radius 1 is 1.20 bits per heavy atom. The Morgan fingerprint density at radius 2 is 1.93 bits per heavy atom. The smallest absolute Gasteiger partial charge is 0.262 e. The van der Waals surface area contributed by atoms with Crippen LogP contribution >= 0.6 is 0 Å². The molecule has 30 heavy (non-hydrogen) atoms. The van der Waals surface area contributed by atoms with Gasteiger partial charge < -0.3 is 9.64 Å². The first-order valence-corrected chi connectivity index (χ1v) is 10.0. The molecule has 1 aliphatic heterocycles. The highest BCUT2D eigenvalue weighted by Crippen LogP contribution is 2.34. The lowest BCUT2D eigenvalue weighted by molar-refractivity contribution is -0.141. The van der Waals surface area contributed by atoms with E-state index >= 15 is 0 Å². The van der Waals surface area contributed by atoms with E-state index in [0.717, 1.165) is 29.7 Å². The van der Waals surface area contributed by atoms with Crippen molar-refractivity contribution in [2.75, 3.05) is 20.7 Å². The van der Waals surface area contributed by atoms with Gasteiger partial charge in [0, 0.05) is 24.9 Å². The lowest BCUT2D eigenvalue weighted by Crippen LogP contribution is -2.39. The Hall–Kier alpha value is -3.22. The van der Waals surface area contributed by atoms with Crippen LogP contribution in [0.25, 0.3) is 0 Å². The maximum atomic E-state index is 13.4. The average Bonchev–Trinajstić information content (AvgIpc) is 3.51. The first-order valence-electron chi connectivity index (χ1n) is 10.0. The number of benzene rings is 2. The summed E-state index contributed by atoms with van der Waals surface area (Å²) in [7, 11) is 3.24. The summed E-state index contributed by atoms with van der Waals surface area (Å²) in [5, 5.41) is 6.03. The Kier molecular flexibility index (Phi) is 5.53. The van der Waals surface area contributed by atoms with Gasteiger partial charge in [-0.2, -0.15) is 5.10 Å². The van der Waals surface area contributed by atoms with E-state index < -0.39 is 0 Å². The third kappa shape index (κ3) is 4.20. The molecule has 1 atom stereocenters. The fourth-order valence-corrected chi connectivity index (χ4v) is 3.66. The van der Waals surface area contributed by atoms with E-state index in [-0.39, 0.29) is 36.1 Å². The van der Waals surface area contributed by atoms with E-state index in [1.54, 1.807) is 26.3 Å². The minimum absolute atomic E-state index is 0.00196.